The third kappa shape index (κ3) is 4.84. The fourth-order valence-corrected chi connectivity index (χ4v) is 2.69. The first-order valence-corrected chi connectivity index (χ1v) is 8.20. The van der Waals surface area contributed by atoms with E-state index in [2.05, 4.69) is 10.6 Å². The lowest BCUT2D eigenvalue weighted by Gasteiger charge is -2.23. The summed E-state index contributed by atoms with van der Waals surface area (Å²) in [6, 6.07) is 8.84. The van der Waals surface area contributed by atoms with E-state index in [0.717, 1.165) is 11.3 Å². The number of anilines is 1. The van der Waals surface area contributed by atoms with E-state index in [9.17, 15) is 9.90 Å². The molecule has 136 valence electrons. The Balaban J connectivity index is 1.97. The SMILES string of the molecule is CO[C@H](C)c1cccc(NC(=O)NC[C@](C)(O)c2cc(C)oc2C)c1. The van der Waals surface area contributed by atoms with Crippen LogP contribution in [0.2, 0.25) is 0 Å². The van der Waals surface area contributed by atoms with Gasteiger partial charge in [0, 0.05) is 18.4 Å². The van der Waals surface area contributed by atoms with Gasteiger partial charge in [-0.15, -0.1) is 0 Å². The lowest BCUT2D eigenvalue weighted by atomic mass is 9.96. The highest BCUT2D eigenvalue weighted by atomic mass is 16.5. The maximum Gasteiger partial charge on any atom is 0.319 e. The van der Waals surface area contributed by atoms with Gasteiger partial charge < -0.3 is 24.9 Å². The molecular formula is C19H26N2O4. The van der Waals surface area contributed by atoms with Crippen LogP contribution >= 0.6 is 0 Å². The number of ether oxygens (including phenoxy) is 1. The molecule has 0 aliphatic carbocycles. The minimum absolute atomic E-state index is 0.0575. The number of hydrogen-bond donors (Lipinski definition) is 3. The maximum absolute atomic E-state index is 12.1. The molecule has 2 rings (SSSR count). The minimum atomic E-state index is -1.22. The lowest BCUT2D eigenvalue weighted by molar-refractivity contribution is 0.0584. The number of aliphatic hydroxyl groups is 1. The zero-order chi connectivity index (χ0) is 18.6. The molecule has 2 aromatic rings. The van der Waals surface area contributed by atoms with Crippen LogP contribution in [-0.2, 0) is 10.3 Å². The number of amides is 2. The number of urea groups is 1. The van der Waals surface area contributed by atoms with Crippen LogP contribution in [0.25, 0.3) is 0 Å². The van der Waals surface area contributed by atoms with E-state index < -0.39 is 5.60 Å². The van der Waals surface area contributed by atoms with Crippen molar-refractivity contribution in [2.24, 2.45) is 0 Å². The summed E-state index contributed by atoms with van der Waals surface area (Å²) in [6.45, 7) is 7.25. The van der Waals surface area contributed by atoms with Crippen LogP contribution in [0.1, 0.15) is 42.6 Å². The molecule has 1 aromatic carbocycles. The smallest absolute Gasteiger partial charge is 0.319 e. The van der Waals surface area contributed by atoms with Gasteiger partial charge in [0.25, 0.3) is 0 Å². The largest absolute Gasteiger partial charge is 0.466 e. The van der Waals surface area contributed by atoms with Gasteiger partial charge in [-0.3, -0.25) is 0 Å². The Morgan fingerprint density at radius 3 is 2.68 bits per heavy atom. The predicted octanol–water partition coefficient (Wildman–Crippen LogP) is 3.63. The number of furan rings is 1. The molecule has 25 heavy (non-hydrogen) atoms. The first-order valence-electron chi connectivity index (χ1n) is 8.20. The average molecular weight is 346 g/mol. The van der Waals surface area contributed by atoms with Crippen molar-refractivity contribution < 1.29 is 19.1 Å². The Labute approximate surface area is 148 Å². The van der Waals surface area contributed by atoms with E-state index in [1.165, 1.54) is 0 Å². The number of carbonyl (C=O) groups excluding carboxylic acids is 1. The molecule has 2 atom stereocenters. The molecule has 6 nitrogen and oxygen atoms in total. The van der Waals surface area contributed by atoms with Crippen molar-refractivity contribution in [3.63, 3.8) is 0 Å². The monoisotopic (exact) mass is 346 g/mol. The number of rotatable bonds is 6. The van der Waals surface area contributed by atoms with Gasteiger partial charge in [0.05, 0.1) is 12.6 Å². The molecule has 0 fully saturated rings. The van der Waals surface area contributed by atoms with Crippen LogP contribution in [0.3, 0.4) is 0 Å². The summed E-state index contributed by atoms with van der Waals surface area (Å²) < 4.78 is 10.7. The first-order chi connectivity index (χ1) is 11.7. The predicted molar refractivity (Wildman–Crippen MR) is 96.6 cm³/mol. The van der Waals surface area contributed by atoms with Gasteiger partial charge in [-0.2, -0.15) is 0 Å². The van der Waals surface area contributed by atoms with Crippen LogP contribution in [0.15, 0.2) is 34.7 Å². The molecular weight excluding hydrogens is 320 g/mol. The molecule has 0 aliphatic heterocycles. The zero-order valence-corrected chi connectivity index (χ0v) is 15.3. The number of carbonyl (C=O) groups is 1. The summed E-state index contributed by atoms with van der Waals surface area (Å²) in [5.41, 5.74) is 1.08. The van der Waals surface area contributed by atoms with Gasteiger partial charge in [-0.05, 0) is 51.5 Å². The Hall–Kier alpha value is -2.31. The molecule has 0 radical (unpaired) electrons. The Bertz CT molecular complexity index is 737. The summed E-state index contributed by atoms with van der Waals surface area (Å²) in [7, 11) is 1.64. The van der Waals surface area contributed by atoms with E-state index >= 15 is 0 Å². The van der Waals surface area contributed by atoms with Crippen molar-refractivity contribution in [2.45, 2.75) is 39.4 Å². The van der Waals surface area contributed by atoms with Crippen LogP contribution in [0, 0.1) is 13.8 Å². The number of hydrogen-bond acceptors (Lipinski definition) is 4. The quantitative estimate of drug-likeness (QED) is 0.746. The van der Waals surface area contributed by atoms with Crippen molar-refractivity contribution in [3.05, 3.63) is 53.0 Å². The number of methoxy groups -OCH3 is 1. The first kappa shape index (κ1) is 19.0. The lowest BCUT2D eigenvalue weighted by Crippen LogP contribution is -2.40. The van der Waals surface area contributed by atoms with Gasteiger partial charge in [0.15, 0.2) is 0 Å². The highest BCUT2D eigenvalue weighted by Gasteiger charge is 2.28. The standard InChI is InChI=1S/C19H26N2O4/c1-12-9-17(14(3)25-12)19(4,23)11-20-18(22)21-16-8-6-7-15(10-16)13(2)24-5/h6-10,13,23H,11H2,1-5H3,(H2,20,21,22)/t13-,19+/m1/s1. The second-order valence-corrected chi connectivity index (χ2v) is 6.41. The molecule has 2 amide bonds. The van der Waals surface area contributed by atoms with Crippen molar-refractivity contribution in [2.75, 3.05) is 19.0 Å². The van der Waals surface area contributed by atoms with E-state index in [-0.39, 0.29) is 18.7 Å². The second kappa shape index (κ2) is 7.72. The number of nitrogens with one attached hydrogen (secondary N) is 2. The Morgan fingerprint density at radius 1 is 1.36 bits per heavy atom. The summed E-state index contributed by atoms with van der Waals surface area (Å²) in [5.74, 6) is 1.37. The van der Waals surface area contributed by atoms with Crippen LogP contribution < -0.4 is 10.6 Å². The highest BCUT2D eigenvalue weighted by molar-refractivity contribution is 5.89. The molecule has 0 unspecified atom stereocenters. The third-order valence-electron chi connectivity index (χ3n) is 4.18. The van der Waals surface area contributed by atoms with E-state index in [1.54, 1.807) is 33.1 Å². The Kier molecular flexibility index (Phi) is 5.87. The van der Waals surface area contributed by atoms with E-state index in [0.29, 0.717) is 17.0 Å². The van der Waals surface area contributed by atoms with Crippen LogP contribution in [-0.4, -0.2) is 24.8 Å². The van der Waals surface area contributed by atoms with E-state index in [4.69, 9.17) is 9.15 Å². The van der Waals surface area contributed by atoms with Gasteiger partial charge >= 0.3 is 6.03 Å². The maximum atomic E-state index is 12.1. The average Bonchev–Trinajstić information content (AvgIpc) is 2.92. The fourth-order valence-electron chi connectivity index (χ4n) is 2.69. The second-order valence-electron chi connectivity index (χ2n) is 6.41. The van der Waals surface area contributed by atoms with Crippen molar-refractivity contribution in [1.82, 2.24) is 5.32 Å². The number of benzene rings is 1. The normalized spacial score (nSPS) is 14.6. The molecule has 6 heteroatoms. The minimum Gasteiger partial charge on any atom is -0.466 e. The van der Waals surface area contributed by atoms with Gasteiger partial charge in [0.2, 0.25) is 0 Å². The van der Waals surface area contributed by atoms with Gasteiger partial charge in [-0.1, -0.05) is 12.1 Å². The summed E-state index contributed by atoms with van der Waals surface area (Å²) in [5, 5.41) is 16.1. The summed E-state index contributed by atoms with van der Waals surface area (Å²) in [4.78, 5) is 12.1. The van der Waals surface area contributed by atoms with Crippen LogP contribution in [0.4, 0.5) is 10.5 Å². The molecule has 0 saturated heterocycles. The molecule has 3 N–H and O–H groups in total. The Morgan fingerprint density at radius 2 is 2.08 bits per heavy atom. The highest BCUT2D eigenvalue weighted by Crippen LogP contribution is 2.26. The van der Waals surface area contributed by atoms with Gasteiger partial charge in [0.1, 0.15) is 17.1 Å². The molecule has 1 heterocycles. The molecule has 0 saturated carbocycles. The van der Waals surface area contributed by atoms with Crippen LogP contribution in [0.5, 0.6) is 0 Å². The third-order valence-corrected chi connectivity index (χ3v) is 4.18. The van der Waals surface area contributed by atoms with Crippen molar-refractivity contribution in [3.8, 4) is 0 Å². The fraction of sp³-hybridized carbons (Fsp3) is 0.421. The van der Waals surface area contributed by atoms with Crippen molar-refractivity contribution >= 4 is 11.7 Å². The van der Waals surface area contributed by atoms with Gasteiger partial charge in [-0.25, -0.2) is 4.79 Å². The molecule has 0 aliphatic rings. The summed E-state index contributed by atoms with van der Waals surface area (Å²) in [6.07, 6.45) is -0.0575. The zero-order valence-electron chi connectivity index (χ0n) is 15.3. The molecule has 1 aromatic heterocycles. The van der Waals surface area contributed by atoms with Crippen molar-refractivity contribution in [1.29, 1.82) is 0 Å². The topological polar surface area (TPSA) is 83.7 Å². The number of aryl methyl sites for hydroxylation is 2. The molecule has 0 bridgehead atoms. The molecule has 0 spiro atoms. The summed E-state index contributed by atoms with van der Waals surface area (Å²) >= 11 is 0. The van der Waals surface area contributed by atoms with E-state index in [1.807, 2.05) is 32.0 Å².